The summed E-state index contributed by atoms with van der Waals surface area (Å²) in [5.41, 5.74) is -3.29. The van der Waals surface area contributed by atoms with Crippen molar-refractivity contribution >= 4 is 17.9 Å². The smallest absolute Gasteiger partial charge is 0.358 e. The van der Waals surface area contributed by atoms with Crippen LogP contribution in [0.1, 0.15) is 0 Å². The number of amides is 3. The average Bonchev–Trinajstić information content (AvgIpc) is 2.22. The summed E-state index contributed by atoms with van der Waals surface area (Å²) in [4.78, 5) is 33.6. The van der Waals surface area contributed by atoms with E-state index in [0.717, 1.165) is 14.2 Å². The number of hydrogen-bond acceptors (Lipinski definition) is 5. The van der Waals surface area contributed by atoms with E-state index in [2.05, 4.69) is 4.74 Å². The lowest BCUT2D eigenvalue weighted by molar-refractivity contribution is -0.177. The van der Waals surface area contributed by atoms with Crippen LogP contribution in [-0.2, 0) is 14.3 Å². The van der Waals surface area contributed by atoms with Crippen molar-refractivity contribution in [2.75, 3.05) is 14.2 Å². The lowest BCUT2D eigenvalue weighted by atomic mass is 10.0. The summed E-state index contributed by atoms with van der Waals surface area (Å²) in [6.45, 7) is 0. The zero-order valence-electron chi connectivity index (χ0n) is 7.98. The molecule has 1 heterocycles. The largest absolute Gasteiger partial charge is 0.466 e. The molecule has 0 aromatic carbocycles. The number of urea groups is 1. The Morgan fingerprint density at radius 1 is 1.67 bits per heavy atom. The Bertz CT molecular complexity index is 333. The van der Waals surface area contributed by atoms with E-state index >= 15 is 0 Å². The number of rotatable bonds is 1. The van der Waals surface area contributed by atoms with Crippen molar-refractivity contribution in [1.82, 2.24) is 10.2 Å². The number of halogens is 1. The van der Waals surface area contributed by atoms with E-state index in [0.29, 0.717) is 4.90 Å². The third kappa shape index (κ3) is 1.42. The van der Waals surface area contributed by atoms with Crippen molar-refractivity contribution in [2.24, 2.45) is 0 Å². The number of nitrogens with zero attached hydrogens (tertiary/aromatic N) is 1. The highest BCUT2D eigenvalue weighted by molar-refractivity contribution is 6.13. The third-order valence-corrected chi connectivity index (χ3v) is 2.04. The van der Waals surface area contributed by atoms with E-state index in [1.54, 1.807) is 5.32 Å². The molecule has 2 atom stereocenters. The first-order chi connectivity index (χ1) is 6.85. The van der Waals surface area contributed by atoms with Crippen LogP contribution in [0.15, 0.2) is 0 Å². The van der Waals surface area contributed by atoms with Gasteiger partial charge in [-0.05, 0) is 0 Å². The van der Waals surface area contributed by atoms with Crippen molar-refractivity contribution in [3.05, 3.63) is 0 Å². The molecular weight excluding hydrogens is 211 g/mol. The van der Waals surface area contributed by atoms with Crippen molar-refractivity contribution in [1.29, 1.82) is 0 Å². The second-order valence-electron chi connectivity index (χ2n) is 2.92. The lowest BCUT2D eigenvalue weighted by Gasteiger charge is -2.35. The molecule has 0 aromatic heterocycles. The van der Waals surface area contributed by atoms with E-state index < -0.39 is 29.8 Å². The SMILES string of the molecule is COC(=O)C1(F)C(=O)N(C)C(=O)NC1O. The topological polar surface area (TPSA) is 95.9 Å². The van der Waals surface area contributed by atoms with Gasteiger partial charge in [0.15, 0.2) is 6.23 Å². The number of carbonyl (C=O) groups excluding carboxylic acids is 3. The molecular formula is C7H9FN2O5. The normalized spacial score (nSPS) is 31.2. The maximum Gasteiger partial charge on any atom is 0.358 e. The highest BCUT2D eigenvalue weighted by atomic mass is 19.1. The van der Waals surface area contributed by atoms with E-state index in [9.17, 15) is 18.8 Å². The fourth-order valence-corrected chi connectivity index (χ4v) is 1.11. The molecule has 15 heavy (non-hydrogen) atoms. The van der Waals surface area contributed by atoms with Gasteiger partial charge in [-0.2, -0.15) is 0 Å². The van der Waals surface area contributed by atoms with Crippen molar-refractivity contribution < 1.29 is 28.6 Å². The van der Waals surface area contributed by atoms with E-state index in [-0.39, 0.29) is 0 Å². The number of nitrogens with one attached hydrogen (secondary N) is 1. The summed E-state index contributed by atoms with van der Waals surface area (Å²) in [7, 11) is 1.83. The standard InChI is InChI=1S/C7H9FN2O5/c1-10-4(12)7(8,5(13)15-2)3(11)9-6(10)14/h3,11H,1-2H3,(H,9,14). The van der Waals surface area contributed by atoms with Crippen molar-refractivity contribution in [3.63, 3.8) is 0 Å². The minimum atomic E-state index is -3.29. The van der Waals surface area contributed by atoms with E-state index in [1.165, 1.54) is 0 Å². The van der Waals surface area contributed by atoms with E-state index in [1.807, 2.05) is 0 Å². The number of methoxy groups -OCH3 is 1. The first-order valence-corrected chi connectivity index (χ1v) is 3.89. The Hall–Kier alpha value is -1.70. The molecule has 2 N–H and O–H groups in total. The molecule has 0 bridgehead atoms. The van der Waals surface area contributed by atoms with Gasteiger partial charge in [-0.3, -0.25) is 9.69 Å². The molecule has 0 saturated carbocycles. The maximum absolute atomic E-state index is 13.8. The van der Waals surface area contributed by atoms with Gasteiger partial charge in [0.05, 0.1) is 7.11 Å². The highest BCUT2D eigenvalue weighted by Gasteiger charge is 2.60. The Labute approximate surface area is 83.8 Å². The van der Waals surface area contributed by atoms with Crippen molar-refractivity contribution in [3.8, 4) is 0 Å². The molecule has 3 amide bonds. The van der Waals surface area contributed by atoms with Gasteiger partial charge in [-0.1, -0.05) is 0 Å². The van der Waals surface area contributed by atoms with Gasteiger partial charge >= 0.3 is 17.7 Å². The molecule has 1 fully saturated rings. The molecule has 1 rings (SSSR count). The molecule has 7 nitrogen and oxygen atoms in total. The lowest BCUT2D eigenvalue weighted by Crippen LogP contribution is -2.70. The second kappa shape index (κ2) is 3.46. The number of alkyl halides is 1. The number of hydrogen-bond donors (Lipinski definition) is 2. The minimum Gasteiger partial charge on any atom is -0.466 e. The number of esters is 1. The fourth-order valence-electron chi connectivity index (χ4n) is 1.11. The van der Waals surface area contributed by atoms with Gasteiger partial charge in [0.2, 0.25) is 0 Å². The van der Waals surface area contributed by atoms with Gasteiger partial charge in [0.1, 0.15) is 0 Å². The molecule has 0 aliphatic carbocycles. The Morgan fingerprint density at radius 3 is 2.67 bits per heavy atom. The molecule has 0 aromatic rings. The van der Waals surface area contributed by atoms with Gasteiger partial charge in [-0.25, -0.2) is 14.0 Å². The van der Waals surface area contributed by atoms with Crippen LogP contribution in [0.2, 0.25) is 0 Å². The molecule has 2 unspecified atom stereocenters. The summed E-state index contributed by atoms with van der Waals surface area (Å²) in [6, 6.07) is -0.996. The molecule has 1 saturated heterocycles. The van der Waals surface area contributed by atoms with E-state index in [4.69, 9.17) is 5.11 Å². The third-order valence-electron chi connectivity index (χ3n) is 2.04. The van der Waals surface area contributed by atoms with Crippen LogP contribution in [0.5, 0.6) is 0 Å². The molecule has 1 aliphatic rings. The van der Waals surface area contributed by atoms with Gasteiger partial charge in [-0.15, -0.1) is 0 Å². The predicted molar refractivity (Wildman–Crippen MR) is 43.2 cm³/mol. The number of imide groups is 1. The van der Waals surface area contributed by atoms with Crippen LogP contribution in [0.3, 0.4) is 0 Å². The molecule has 0 radical (unpaired) electrons. The van der Waals surface area contributed by atoms with Crippen LogP contribution in [0, 0.1) is 0 Å². The second-order valence-corrected chi connectivity index (χ2v) is 2.92. The molecule has 8 heteroatoms. The number of aliphatic hydroxyl groups excluding tert-OH is 1. The zero-order chi connectivity index (χ0) is 11.8. The summed E-state index contributed by atoms with van der Waals surface area (Å²) < 4.78 is 17.9. The highest BCUT2D eigenvalue weighted by Crippen LogP contribution is 2.23. The first-order valence-electron chi connectivity index (χ1n) is 3.89. The number of aliphatic hydroxyl groups is 1. The first kappa shape index (κ1) is 11.4. The molecule has 84 valence electrons. The monoisotopic (exact) mass is 220 g/mol. The number of ether oxygens (including phenoxy) is 1. The minimum absolute atomic E-state index is 0.351. The van der Waals surface area contributed by atoms with Crippen LogP contribution >= 0.6 is 0 Å². The fraction of sp³-hybridized carbons (Fsp3) is 0.571. The van der Waals surface area contributed by atoms with Crippen LogP contribution < -0.4 is 5.32 Å². The van der Waals surface area contributed by atoms with Gasteiger partial charge in [0, 0.05) is 7.05 Å². The summed E-state index contributed by atoms with van der Waals surface area (Å²) in [5.74, 6) is -3.03. The van der Waals surface area contributed by atoms with Crippen LogP contribution in [0.25, 0.3) is 0 Å². The summed E-state index contributed by atoms with van der Waals surface area (Å²) in [5, 5.41) is 10.8. The summed E-state index contributed by atoms with van der Waals surface area (Å²) in [6.07, 6.45) is -2.25. The van der Waals surface area contributed by atoms with Crippen LogP contribution in [-0.4, -0.2) is 54.0 Å². The quantitative estimate of drug-likeness (QED) is 0.408. The average molecular weight is 220 g/mol. The summed E-state index contributed by atoms with van der Waals surface area (Å²) >= 11 is 0. The Balaban J connectivity index is 3.12. The molecule has 1 aliphatic heterocycles. The zero-order valence-corrected chi connectivity index (χ0v) is 7.98. The molecule has 0 spiro atoms. The van der Waals surface area contributed by atoms with Crippen LogP contribution in [0.4, 0.5) is 9.18 Å². The van der Waals surface area contributed by atoms with Gasteiger partial charge in [0.25, 0.3) is 5.91 Å². The number of carbonyl (C=O) groups is 3. The van der Waals surface area contributed by atoms with Crippen molar-refractivity contribution in [2.45, 2.75) is 11.9 Å². The predicted octanol–water partition coefficient (Wildman–Crippen LogP) is -1.63. The Kier molecular flexibility index (Phi) is 2.63. The maximum atomic E-state index is 13.8. The van der Waals surface area contributed by atoms with Gasteiger partial charge < -0.3 is 15.2 Å². The Morgan fingerprint density at radius 2 is 2.20 bits per heavy atom.